The van der Waals surface area contributed by atoms with Crippen LogP contribution in [0.1, 0.15) is 11.5 Å². The summed E-state index contributed by atoms with van der Waals surface area (Å²) in [5.74, 6) is 1.80. The van der Waals surface area contributed by atoms with Crippen molar-refractivity contribution < 1.29 is 9.47 Å². The van der Waals surface area contributed by atoms with Crippen LogP contribution in [0.25, 0.3) is 0 Å². The highest BCUT2D eigenvalue weighted by Crippen LogP contribution is 2.20. The van der Waals surface area contributed by atoms with Crippen LogP contribution < -0.4 is 15.2 Å². The van der Waals surface area contributed by atoms with Gasteiger partial charge in [0.05, 0.1) is 13.7 Å². The average Bonchev–Trinajstić information content (AvgIpc) is 2.49. The maximum atomic E-state index is 5.79. The van der Waals surface area contributed by atoms with E-state index in [0.717, 1.165) is 17.1 Å². The summed E-state index contributed by atoms with van der Waals surface area (Å²) >= 11 is 0. The maximum absolute atomic E-state index is 5.79. The van der Waals surface area contributed by atoms with E-state index in [0.29, 0.717) is 13.2 Å². The SMILES string of the molecule is COc1ccc(OCC(CN)c2ccncc2)cc1. The highest BCUT2D eigenvalue weighted by atomic mass is 16.5. The quantitative estimate of drug-likeness (QED) is 0.863. The molecule has 1 aromatic carbocycles. The lowest BCUT2D eigenvalue weighted by Gasteiger charge is -2.16. The molecule has 2 N–H and O–H groups in total. The van der Waals surface area contributed by atoms with Crippen LogP contribution in [0.5, 0.6) is 11.5 Å². The lowest BCUT2D eigenvalue weighted by atomic mass is 10.0. The van der Waals surface area contributed by atoms with Gasteiger partial charge in [0.1, 0.15) is 11.5 Å². The van der Waals surface area contributed by atoms with E-state index in [1.807, 2.05) is 36.4 Å². The zero-order chi connectivity index (χ0) is 13.5. The summed E-state index contributed by atoms with van der Waals surface area (Å²) in [6.07, 6.45) is 3.54. The highest BCUT2D eigenvalue weighted by molar-refractivity contribution is 5.31. The molecule has 0 saturated carbocycles. The maximum Gasteiger partial charge on any atom is 0.119 e. The van der Waals surface area contributed by atoms with E-state index in [4.69, 9.17) is 15.2 Å². The van der Waals surface area contributed by atoms with Gasteiger partial charge in [0.2, 0.25) is 0 Å². The molecule has 2 aromatic rings. The van der Waals surface area contributed by atoms with Gasteiger partial charge in [-0.25, -0.2) is 0 Å². The van der Waals surface area contributed by atoms with E-state index in [2.05, 4.69) is 4.98 Å². The fourth-order valence-corrected chi connectivity index (χ4v) is 1.80. The summed E-state index contributed by atoms with van der Waals surface area (Å²) in [7, 11) is 1.64. The molecule has 1 atom stereocenters. The summed E-state index contributed by atoms with van der Waals surface area (Å²) < 4.78 is 10.9. The van der Waals surface area contributed by atoms with Crippen LogP contribution in [-0.2, 0) is 0 Å². The van der Waals surface area contributed by atoms with Crippen LogP contribution in [0.2, 0.25) is 0 Å². The molecule has 0 amide bonds. The van der Waals surface area contributed by atoms with Crippen molar-refractivity contribution in [2.45, 2.75) is 5.92 Å². The molecule has 0 aliphatic rings. The Bertz CT molecular complexity index is 485. The van der Waals surface area contributed by atoms with Gasteiger partial charge in [0, 0.05) is 24.9 Å². The zero-order valence-corrected chi connectivity index (χ0v) is 11.0. The Balaban J connectivity index is 1.96. The Morgan fingerprint density at radius 1 is 1.05 bits per heavy atom. The summed E-state index contributed by atoms with van der Waals surface area (Å²) in [5, 5.41) is 0. The van der Waals surface area contributed by atoms with Gasteiger partial charge < -0.3 is 15.2 Å². The minimum absolute atomic E-state index is 0.171. The Labute approximate surface area is 113 Å². The van der Waals surface area contributed by atoms with Gasteiger partial charge >= 0.3 is 0 Å². The molecule has 0 radical (unpaired) electrons. The number of hydrogen-bond donors (Lipinski definition) is 1. The Morgan fingerprint density at radius 3 is 2.26 bits per heavy atom. The van der Waals surface area contributed by atoms with Crippen molar-refractivity contribution in [2.24, 2.45) is 5.73 Å². The molecule has 19 heavy (non-hydrogen) atoms. The van der Waals surface area contributed by atoms with E-state index in [1.165, 1.54) is 0 Å². The number of benzene rings is 1. The van der Waals surface area contributed by atoms with Crippen LogP contribution in [0.4, 0.5) is 0 Å². The van der Waals surface area contributed by atoms with Crippen molar-refractivity contribution in [1.82, 2.24) is 4.98 Å². The highest BCUT2D eigenvalue weighted by Gasteiger charge is 2.10. The van der Waals surface area contributed by atoms with Crippen molar-refractivity contribution in [1.29, 1.82) is 0 Å². The molecule has 1 heterocycles. The van der Waals surface area contributed by atoms with Crippen LogP contribution in [0, 0.1) is 0 Å². The molecular formula is C15H18N2O2. The van der Waals surface area contributed by atoms with Gasteiger partial charge in [0.25, 0.3) is 0 Å². The number of rotatable bonds is 6. The van der Waals surface area contributed by atoms with Crippen LogP contribution >= 0.6 is 0 Å². The molecule has 4 heteroatoms. The van der Waals surface area contributed by atoms with Crippen molar-refractivity contribution >= 4 is 0 Å². The number of aromatic nitrogens is 1. The number of pyridine rings is 1. The molecule has 0 spiro atoms. The molecule has 2 rings (SSSR count). The number of nitrogens with zero attached hydrogens (tertiary/aromatic N) is 1. The van der Waals surface area contributed by atoms with Gasteiger partial charge in [-0.1, -0.05) is 0 Å². The van der Waals surface area contributed by atoms with E-state index in [-0.39, 0.29) is 5.92 Å². The summed E-state index contributed by atoms with van der Waals surface area (Å²) in [6.45, 7) is 1.09. The zero-order valence-electron chi connectivity index (χ0n) is 11.0. The van der Waals surface area contributed by atoms with Crippen molar-refractivity contribution in [2.75, 3.05) is 20.3 Å². The standard InChI is InChI=1S/C15H18N2O2/c1-18-14-2-4-15(5-3-14)19-11-13(10-16)12-6-8-17-9-7-12/h2-9,13H,10-11,16H2,1H3. The third kappa shape index (κ3) is 3.69. The Morgan fingerprint density at radius 2 is 1.68 bits per heavy atom. The van der Waals surface area contributed by atoms with Crippen molar-refractivity contribution in [3.63, 3.8) is 0 Å². The Hall–Kier alpha value is -2.07. The first-order valence-corrected chi connectivity index (χ1v) is 6.20. The third-order valence-electron chi connectivity index (χ3n) is 2.97. The third-order valence-corrected chi connectivity index (χ3v) is 2.97. The molecule has 0 aliphatic carbocycles. The molecule has 0 fully saturated rings. The average molecular weight is 258 g/mol. The molecule has 100 valence electrons. The topological polar surface area (TPSA) is 57.4 Å². The number of ether oxygens (including phenoxy) is 2. The van der Waals surface area contributed by atoms with E-state index < -0.39 is 0 Å². The van der Waals surface area contributed by atoms with Crippen LogP contribution in [0.15, 0.2) is 48.8 Å². The first-order chi connectivity index (χ1) is 9.33. The molecule has 0 aliphatic heterocycles. The predicted octanol–water partition coefficient (Wildman–Crippen LogP) is 2.21. The number of methoxy groups -OCH3 is 1. The first kappa shape index (κ1) is 13.4. The second kappa shape index (κ2) is 6.75. The normalized spacial score (nSPS) is 11.9. The monoisotopic (exact) mass is 258 g/mol. The number of hydrogen-bond acceptors (Lipinski definition) is 4. The molecular weight excluding hydrogens is 240 g/mol. The predicted molar refractivity (Wildman–Crippen MR) is 74.5 cm³/mol. The second-order valence-corrected chi connectivity index (χ2v) is 4.20. The fraction of sp³-hybridized carbons (Fsp3) is 0.267. The first-order valence-electron chi connectivity index (χ1n) is 6.20. The van der Waals surface area contributed by atoms with Gasteiger partial charge in [-0.2, -0.15) is 0 Å². The number of nitrogens with two attached hydrogens (primary N) is 1. The summed E-state index contributed by atoms with van der Waals surface area (Å²) in [6, 6.07) is 11.5. The van der Waals surface area contributed by atoms with Gasteiger partial charge in [-0.05, 0) is 42.0 Å². The largest absolute Gasteiger partial charge is 0.497 e. The van der Waals surface area contributed by atoms with Gasteiger partial charge in [-0.3, -0.25) is 4.98 Å². The van der Waals surface area contributed by atoms with E-state index >= 15 is 0 Å². The van der Waals surface area contributed by atoms with Crippen molar-refractivity contribution in [3.8, 4) is 11.5 Å². The molecule has 1 aromatic heterocycles. The van der Waals surface area contributed by atoms with E-state index in [1.54, 1.807) is 19.5 Å². The van der Waals surface area contributed by atoms with Gasteiger partial charge in [0.15, 0.2) is 0 Å². The lowest BCUT2D eigenvalue weighted by molar-refractivity contribution is 0.290. The molecule has 4 nitrogen and oxygen atoms in total. The second-order valence-electron chi connectivity index (χ2n) is 4.20. The van der Waals surface area contributed by atoms with Crippen LogP contribution in [-0.4, -0.2) is 25.2 Å². The smallest absolute Gasteiger partial charge is 0.119 e. The summed E-state index contributed by atoms with van der Waals surface area (Å²) in [4.78, 5) is 4.00. The van der Waals surface area contributed by atoms with E-state index in [9.17, 15) is 0 Å². The van der Waals surface area contributed by atoms with Gasteiger partial charge in [-0.15, -0.1) is 0 Å². The van der Waals surface area contributed by atoms with Crippen molar-refractivity contribution in [3.05, 3.63) is 54.4 Å². The molecule has 0 saturated heterocycles. The molecule has 1 unspecified atom stereocenters. The summed E-state index contributed by atoms with van der Waals surface area (Å²) in [5.41, 5.74) is 6.94. The minimum atomic E-state index is 0.171. The molecule has 0 bridgehead atoms. The van der Waals surface area contributed by atoms with Crippen LogP contribution in [0.3, 0.4) is 0 Å². The lowest BCUT2D eigenvalue weighted by Crippen LogP contribution is -2.19. The fourth-order valence-electron chi connectivity index (χ4n) is 1.80. The Kier molecular flexibility index (Phi) is 4.75. The minimum Gasteiger partial charge on any atom is -0.497 e.